The number of anilines is 1. The maximum absolute atomic E-state index is 13.3. The van der Waals surface area contributed by atoms with Gasteiger partial charge in [-0.2, -0.15) is 0 Å². The monoisotopic (exact) mass is 408 g/mol. The number of ether oxygens (including phenoxy) is 1. The van der Waals surface area contributed by atoms with E-state index in [1.807, 2.05) is 0 Å². The average Bonchev–Trinajstić information content (AvgIpc) is 3.26. The summed E-state index contributed by atoms with van der Waals surface area (Å²) in [7, 11) is -3.77. The Labute approximate surface area is 158 Å². The van der Waals surface area contributed by atoms with E-state index in [1.54, 1.807) is 12.1 Å². The van der Waals surface area contributed by atoms with Crippen molar-refractivity contribution >= 4 is 26.5 Å². The number of aromatic nitrogens is 1. The first-order chi connectivity index (χ1) is 12.9. The summed E-state index contributed by atoms with van der Waals surface area (Å²) in [5.74, 6) is -1.12. The molecule has 5 nitrogen and oxygen atoms in total. The van der Waals surface area contributed by atoms with Gasteiger partial charge in [-0.05, 0) is 41.5 Å². The van der Waals surface area contributed by atoms with Gasteiger partial charge in [0, 0.05) is 23.9 Å². The maximum atomic E-state index is 13.3. The summed E-state index contributed by atoms with van der Waals surface area (Å²) in [6.45, 7) is 0.548. The summed E-state index contributed by atoms with van der Waals surface area (Å²) >= 11 is 1.14. The highest BCUT2D eigenvalue weighted by atomic mass is 32.2. The quantitative estimate of drug-likeness (QED) is 0.698. The molecule has 3 aromatic rings. The van der Waals surface area contributed by atoms with Gasteiger partial charge in [-0.3, -0.25) is 4.72 Å². The molecule has 4 rings (SSSR count). The molecule has 0 atom stereocenters. The molecule has 27 heavy (non-hydrogen) atoms. The molecule has 0 radical (unpaired) electrons. The predicted molar refractivity (Wildman–Crippen MR) is 97.7 cm³/mol. The zero-order chi connectivity index (χ0) is 19.0. The van der Waals surface area contributed by atoms with E-state index in [-0.39, 0.29) is 10.0 Å². The molecule has 1 aliphatic heterocycles. The molecular formula is C18H14F2N2O3S2. The summed E-state index contributed by atoms with van der Waals surface area (Å²) < 4.78 is 59.3. The second-order valence-corrected chi connectivity index (χ2v) is 8.83. The first-order valence-electron chi connectivity index (χ1n) is 8.08. The Bertz CT molecular complexity index is 1110. The fourth-order valence-electron chi connectivity index (χ4n) is 2.79. The SMILES string of the molecule is O=S(=O)(Nc1ncc(Cc2ccc(F)c(F)c2)s1)c1ccc2c(c1)CCO2. The van der Waals surface area contributed by atoms with Crippen molar-refractivity contribution < 1.29 is 21.9 Å². The Kier molecular flexibility index (Phi) is 4.56. The minimum Gasteiger partial charge on any atom is -0.493 e. The Morgan fingerprint density at radius 3 is 2.81 bits per heavy atom. The van der Waals surface area contributed by atoms with E-state index in [1.165, 1.54) is 18.3 Å². The standard InChI is InChI=1S/C18H14F2N2O3S2/c19-15-3-1-11(8-16(15)20)7-13-10-21-18(26-13)22-27(23,24)14-2-4-17-12(9-14)5-6-25-17/h1-4,8-10H,5-7H2,(H,21,22). The van der Waals surface area contributed by atoms with Crippen LogP contribution in [0.5, 0.6) is 5.75 Å². The molecule has 2 heterocycles. The lowest BCUT2D eigenvalue weighted by molar-refractivity contribution is 0.356. The normalized spacial score (nSPS) is 13.3. The first kappa shape index (κ1) is 17.9. The Hall–Kier alpha value is -2.52. The van der Waals surface area contributed by atoms with Crippen LogP contribution in [0.3, 0.4) is 0 Å². The van der Waals surface area contributed by atoms with Gasteiger partial charge in [0.1, 0.15) is 5.75 Å². The van der Waals surface area contributed by atoms with Crippen molar-refractivity contribution in [1.29, 1.82) is 0 Å². The third kappa shape index (κ3) is 3.79. The van der Waals surface area contributed by atoms with Gasteiger partial charge in [0.25, 0.3) is 10.0 Å². The van der Waals surface area contributed by atoms with Gasteiger partial charge in [0.05, 0.1) is 11.5 Å². The number of sulfonamides is 1. The van der Waals surface area contributed by atoms with Crippen LogP contribution >= 0.6 is 11.3 Å². The fraction of sp³-hybridized carbons (Fsp3) is 0.167. The molecule has 0 bridgehead atoms. The van der Waals surface area contributed by atoms with Crippen molar-refractivity contribution in [3.8, 4) is 5.75 Å². The molecule has 0 aliphatic carbocycles. The molecule has 1 aliphatic rings. The van der Waals surface area contributed by atoms with Crippen molar-refractivity contribution in [2.45, 2.75) is 17.7 Å². The third-order valence-electron chi connectivity index (χ3n) is 4.11. The molecule has 0 unspecified atom stereocenters. The van der Waals surface area contributed by atoms with Crippen molar-refractivity contribution in [2.24, 2.45) is 0 Å². The summed E-state index contributed by atoms with van der Waals surface area (Å²) in [6.07, 6.45) is 2.52. The van der Waals surface area contributed by atoms with Gasteiger partial charge in [-0.15, -0.1) is 11.3 Å². The average molecular weight is 408 g/mol. The van der Waals surface area contributed by atoms with Crippen LogP contribution in [0.2, 0.25) is 0 Å². The smallest absolute Gasteiger partial charge is 0.263 e. The second kappa shape index (κ2) is 6.90. The van der Waals surface area contributed by atoms with Crippen molar-refractivity contribution in [3.63, 3.8) is 0 Å². The van der Waals surface area contributed by atoms with Gasteiger partial charge in [0.15, 0.2) is 16.8 Å². The highest BCUT2D eigenvalue weighted by Crippen LogP contribution is 2.29. The lowest BCUT2D eigenvalue weighted by Gasteiger charge is -2.06. The van der Waals surface area contributed by atoms with Gasteiger partial charge in [0.2, 0.25) is 0 Å². The first-order valence-corrected chi connectivity index (χ1v) is 10.4. The van der Waals surface area contributed by atoms with E-state index < -0.39 is 21.7 Å². The van der Waals surface area contributed by atoms with E-state index in [0.717, 1.165) is 33.9 Å². The van der Waals surface area contributed by atoms with Gasteiger partial charge >= 0.3 is 0 Å². The molecule has 0 saturated heterocycles. The van der Waals surface area contributed by atoms with Crippen LogP contribution in [0.15, 0.2) is 47.5 Å². The second-order valence-electron chi connectivity index (χ2n) is 6.03. The van der Waals surface area contributed by atoms with Crippen LogP contribution < -0.4 is 9.46 Å². The summed E-state index contributed by atoms with van der Waals surface area (Å²) in [6, 6.07) is 8.39. The summed E-state index contributed by atoms with van der Waals surface area (Å²) in [5, 5.41) is 0.212. The van der Waals surface area contributed by atoms with Crippen LogP contribution in [-0.4, -0.2) is 20.0 Å². The lowest BCUT2D eigenvalue weighted by Crippen LogP contribution is -2.12. The zero-order valence-corrected chi connectivity index (χ0v) is 15.5. The number of thiazole rings is 1. The highest BCUT2D eigenvalue weighted by Gasteiger charge is 2.20. The fourth-order valence-corrected chi connectivity index (χ4v) is 4.93. The van der Waals surface area contributed by atoms with Crippen LogP contribution in [0.25, 0.3) is 0 Å². The molecule has 0 spiro atoms. The number of fused-ring (bicyclic) bond motifs is 1. The minimum atomic E-state index is -3.77. The Balaban J connectivity index is 1.50. The maximum Gasteiger partial charge on any atom is 0.263 e. The van der Waals surface area contributed by atoms with E-state index in [2.05, 4.69) is 9.71 Å². The van der Waals surface area contributed by atoms with E-state index in [9.17, 15) is 17.2 Å². The number of benzene rings is 2. The lowest BCUT2D eigenvalue weighted by atomic mass is 10.1. The number of nitrogens with one attached hydrogen (secondary N) is 1. The van der Waals surface area contributed by atoms with E-state index >= 15 is 0 Å². The topological polar surface area (TPSA) is 68.3 Å². The molecule has 9 heteroatoms. The van der Waals surface area contributed by atoms with Gasteiger partial charge in [-0.25, -0.2) is 22.2 Å². The Morgan fingerprint density at radius 1 is 1.15 bits per heavy atom. The van der Waals surface area contributed by atoms with Crippen LogP contribution in [-0.2, 0) is 22.9 Å². The molecular weight excluding hydrogens is 394 g/mol. The van der Waals surface area contributed by atoms with Crippen LogP contribution in [0.1, 0.15) is 16.0 Å². The number of nitrogens with zero attached hydrogens (tertiary/aromatic N) is 1. The molecule has 0 fully saturated rings. The third-order valence-corrected chi connectivity index (χ3v) is 6.49. The van der Waals surface area contributed by atoms with Gasteiger partial charge < -0.3 is 4.74 Å². The molecule has 2 aromatic carbocycles. The summed E-state index contributed by atoms with van der Waals surface area (Å²) in [5.41, 5.74) is 1.43. The largest absolute Gasteiger partial charge is 0.493 e. The number of hydrogen-bond acceptors (Lipinski definition) is 5. The molecule has 0 amide bonds. The van der Waals surface area contributed by atoms with E-state index in [0.29, 0.717) is 30.8 Å². The van der Waals surface area contributed by atoms with Crippen LogP contribution in [0, 0.1) is 11.6 Å². The van der Waals surface area contributed by atoms with Crippen molar-refractivity contribution in [3.05, 3.63) is 70.2 Å². The van der Waals surface area contributed by atoms with Crippen LogP contribution in [0.4, 0.5) is 13.9 Å². The van der Waals surface area contributed by atoms with Gasteiger partial charge in [-0.1, -0.05) is 6.07 Å². The summed E-state index contributed by atoms with van der Waals surface area (Å²) in [4.78, 5) is 4.94. The number of hydrogen-bond donors (Lipinski definition) is 1. The van der Waals surface area contributed by atoms with Crippen molar-refractivity contribution in [2.75, 3.05) is 11.3 Å². The highest BCUT2D eigenvalue weighted by molar-refractivity contribution is 7.93. The Morgan fingerprint density at radius 2 is 2.00 bits per heavy atom. The predicted octanol–water partition coefficient (Wildman–Crippen LogP) is 3.75. The minimum absolute atomic E-state index is 0.143. The zero-order valence-electron chi connectivity index (χ0n) is 13.9. The number of rotatable bonds is 5. The molecule has 0 saturated carbocycles. The van der Waals surface area contributed by atoms with Crippen molar-refractivity contribution in [1.82, 2.24) is 4.98 Å². The number of halogens is 2. The van der Waals surface area contributed by atoms with E-state index in [4.69, 9.17) is 4.74 Å². The molecule has 1 aromatic heterocycles. The molecule has 140 valence electrons. The molecule has 1 N–H and O–H groups in total.